The van der Waals surface area contributed by atoms with Crippen LogP contribution >= 0.6 is 0 Å². The zero-order valence-corrected chi connectivity index (χ0v) is 17.7. The first-order valence-corrected chi connectivity index (χ1v) is 10.5. The zero-order chi connectivity index (χ0) is 21.4. The molecule has 0 unspecified atom stereocenters. The third-order valence-electron chi connectivity index (χ3n) is 5.63. The molecule has 160 valence electrons. The quantitative estimate of drug-likeness (QED) is 0.489. The Morgan fingerprint density at radius 1 is 0.968 bits per heavy atom. The van der Waals surface area contributed by atoms with Gasteiger partial charge in [-0.1, -0.05) is 12.1 Å². The van der Waals surface area contributed by atoms with Crippen molar-refractivity contribution in [2.24, 2.45) is 0 Å². The Kier molecular flexibility index (Phi) is 5.03. The normalized spacial score (nSPS) is 15.1. The van der Waals surface area contributed by atoms with Gasteiger partial charge in [-0.2, -0.15) is 10.1 Å². The van der Waals surface area contributed by atoms with Gasteiger partial charge in [-0.3, -0.25) is 9.69 Å². The second-order valence-corrected chi connectivity index (χ2v) is 7.88. The fourth-order valence-corrected chi connectivity index (χ4v) is 3.97. The third-order valence-corrected chi connectivity index (χ3v) is 5.63. The van der Waals surface area contributed by atoms with Crippen LogP contribution in [0.5, 0.6) is 0 Å². The number of hydrogen-bond donors (Lipinski definition) is 0. The van der Waals surface area contributed by atoms with E-state index in [9.17, 15) is 4.79 Å². The van der Waals surface area contributed by atoms with Crippen molar-refractivity contribution in [3.8, 4) is 5.82 Å². The number of fused-ring (bicyclic) bond motifs is 1. The molecule has 9 heteroatoms. The summed E-state index contributed by atoms with van der Waals surface area (Å²) in [6.07, 6.45) is 0. The van der Waals surface area contributed by atoms with Crippen LogP contribution in [-0.2, 0) is 6.54 Å². The van der Waals surface area contributed by atoms with Gasteiger partial charge in [0.1, 0.15) is 5.52 Å². The van der Waals surface area contributed by atoms with E-state index in [1.807, 2.05) is 44.2 Å². The molecular weight excluding hydrogens is 394 g/mol. The summed E-state index contributed by atoms with van der Waals surface area (Å²) in [6, 6.07) is 13.8. The molecule has 4 heterocycles. The van der Waals surface area contributed by atoms with Crippen molar-refractivity contribution in [3.05, 3.63) is 64.2 Å². The number of piperazine rings is 1. The Labute approximate surface area is 179 Å². The van der Waals surface area contributed by atoms with Gasteiger partial charge >= 0.3 is 0 Å². The van der Waals surface area contributed by atoms with E-state index >= 15 is 0 Å². The minimum Gasteiger partial charge on any atom is -0.423 e. The molecule has 0 N–H and O–H groups in total. The summed E-state index contributed by atoms with van der Waals surface area (Å²) < 4.78 is 9.18. The van der Waals surface area contributed by atoms with Gasteiger partial charge in [-0.25, -0.2) is 9.36 Å². The molecule has 4 aromatic rings. The lowest BCUT2D eigenvalue weighted by Crippen LogP contribution is -2.47. The number of benzene rings is 1. The number of oxazole rings is 1. The van der Waals surface area contributed by atoms with Crippen molar-refractivity contribution in [2.45, 2.75) is 20.4 Å². The smallest absolute Gasteiger partial charge is 0.298 e. The Bertz CT molecular complexity index is 1230. The van der Waals surface area contributed by atoms with Crippen LogP contribution in [-0.4, -0.2) is 62.2 Å². The first-order chi connectivity index (χ1) is 15.1. The minimum atomic E-state index is -0.101. The molecule has 0 atom stereocenters. The first-order valence-electron chi connectivity index (χ1n) is 10.5. The molecule has 0 spiro atoms. The van der Waals surface area contributed by atoms with E-state index in [0.29, 0.717) is 18.4 Å². The van der Waals surface area contributed by atoms with Crippen LogP contribution in [0.3, 0.4) is 0 Å². The summed E-state index contributed by atoms with van der Waals surface area (Å²) >= 11 is 0. The molecule has 3 aromatic heterocycles. The average Bonchev–Trinajstić information content (AvgIpc) is 3.36. The Hall–Kier alpha value is -3.46. The largest absolute Gasteiger partial charge is 0.423 e. The topological polar surface area (TPSA) is 85.2 Å². The Balaban J connectivity index is 1.22. The molecule has 0 bridgehead atoms. The standard InChI is InChI=1S/C22H25N7O2/c1-16-15-17(2)29(24-16)20-7-8-21(30)28(25-20)14-11-26-9-12-27(13-10-26)22-23-18-5-3-4-6-19(18)31-22/h3-8,15H,9-14H2,1-2H3. The lowest BCUT2D eigenvalue weighted by atomic mass is 10.3. The molecule has 0 saturated carbocycles. The molecule has 0 amide bonds. The average molecular weight is 419 g/mol. The molecule has 1 aliphatic rings. The summed E-state index contributed by atoms with van der Waals surface area (Å²) in [7, 11) is 0. The fraction of sp³-hybridized carbons (Fsp3) is 0.364. The van der Waals surface area contributed by atoms with Gasteiger partial charge in [-0.05, 0) is 38.1 Å². The van der Waals surface area contributed by atoms with Crippen molar-refractivity contribution >= 4 is 17.1 Å². The second kappa shape index (κ2) is 7.99. The van der Waals surface area contributed by atoms with Gasteiger partial charge < -0.3 is 9.32 Å². The highest BCUT2D eigenvalue weighted by atomic mass is 16.4. The minimum absolute atomic E-state index is 0.101. The van der Waals surface area contributed by atoms with E-state index in [0.717, 1.165) is 55.2 Å². The molecule has 1 fully saturated rings. The van der Waals surface area contributed by atoms with Crippen molar-refractivity contribution in [1.29, 1.82) is 0 Å². The number of aryl methyl sites for hydroxylation is 2. The summed E-state index contributed by atoms with van der Waals surface area (Å²) in [5, 5.41) is 8.99. The number of para-hydroxylation sites is 2. The summed E-state index contributed by atoms with van der Waals surface area (Å²) in [5.41, 5.74) is 3.51. The van der Waals surface area contributed by atoms with E-state index in [4.69, 9.17) is 4.42 Å². The number of nitrogens with zero attached hydrogens (tertiary/aromatic N) is 7. The lowest BCUT2D eigenvalue weighted by Gasteiger charge is -2.33. The van der Waals surface area contributed by atoms with Crippen molar-refractivity contribution in [2.75, 3.05) is 37.6 Å². The molecule has 1 aromatic carbocycles. The van der Waals surface area contributed by atoms with E-state index in [-0.39, 0.29) is 5.56 Å². The second-order valence-electron chi connectivity index (χ2n) is 7.88. The molecule has 5 rings (SSSR count). The molecule has 0 radical (unpaired) electrons. The van der Waals surface area contributed by atoms with Gasteiger partial charge in [0.25, 0.3) is 11.6 Å². The number of anilines is 1. The molecular formula is C22H25N7O2. The summed E-state index contributed by atoms with van der Waals surface area (Å²) in [4.78, 5) is 21.4. The Morgan fingerprint density at radius 2 is 1.77 bits per heavy atom. The van der Waals surface area contributed by atoms with Gasteiger partial charge in [0.2, 0.25) is 0 Å². The fourth-order valence-electron chi connectivity index (χ4n) is 3.97. The zero-order valence-electron chi connectivity index (χ0n) is 17.7. The maximum absolute atomic E-state index is 12.3. The van der Waals surface area contributed by atoms with Crippen molar-refractivity contribution in [3.63, 3.8) is 0 Å². The molecule has 0 aliphatic carbocycles. The number of hydrogen-bond acceptors (Lipinski definition) is 7. The lowest BCUT2D eigenvalue weighted by molar-refractivity contribution is 0.239. The third kappa shape index (κ3) is 3.96. The van der Waals surface area contributed by atoms with Crippen molar-refractivity contribution < 1.29 is 4.42 Å². The van der Waals surface area contributed by atoms with Crippen LogP contribution in [0.2, 0.25) is 0 Å². The predicted octanol–water partition coefficient (Wildman–Crippen LogP) is 2.01. The van der Waals surface area contributed by atoms with E-state index in [1.165, 1.54) is 4.68 Å². The van der Waals surface area contributed by atoms with Gasteiger partial charge in [0.15, 0.2) is 11.4 Å². The number of aromatic nitrogens is 5. The highest BCUT2D eigenvalue weighted by Gasteiger charge is 2.21. The maximum Gasteiger partial charge on any atom is 0.298 e. The predicted molar refractivity (Wildman–Crippen MR) is 118 cm³/mol. The highest BCUT2D eigenvalue weighted by Crippen LogP contribution is 2.22. The van der Waals surface area contributed by atoms with Gasteiger partial charge in [0.05, 0.1) is 12.2 Å². The van der Waals surface area contributed by atoms with Crippen molar-refractivity contribution in [1.82, 2.24) is 29.4 Å². The summed E-state index contributed by atoms with van der Waals surface area (Å²) in [5.74, 6) is 0.658. The van der Waals surface area contributed by atoms with Crippen LogP contribution in [0.15, 0.2) is 51.7 Å². The maximum atomic E-state index is 12.3. The first kappa shape index (κ1) is 19.5. The Morgan fingerprint density at radius 3 is 2.52 bits per heavy atom. The van der Waals surface area contributed by atoms with E-state index in [1.54, 1.807) is 16.8 Å². The molecule has 1 aliphatic heterocycles. The van der Waals surface area contributed by atoms with Crippen LogP contribution < -0.4 is 10.5 Å². The van der Waals surface area contributed by atoms with Gasteiger partial charge in [0, 0.05) is 44.5 Å². The molecule has 31 heavy (non-hydrogen) atoms. The van der Waals surface area contributed by atoms with Gasteiger partial charge in [-0.15, -0.1) is 5.10 Å². The molecule has 1 saturated heterocycles. The SMILES string of the molecule is Cc1cc(C)n(-c2ccc(=O)n(CCN3CCN(c4nc5ccccc5o4)CC3)n2)n1. The summed E-state index contributed by atoms with van der Waals surface area (Å²) in [6.45, 7) is 8.65. The monoisotopic (exact) mass is 419 g/mol. The highest BCUT2D eigenvalue weighted by molar-refractivity contribution is 5.74. The van der Waals surface area contributed by atoms with Crippen LogP contribution in [0.1, 0.15) is 11.4 Å². The molecule has 9 nitrogen and oxygen atoms in total. The van der Waals surface area contributed by atoms with Crippen LogP contribution in [0.25, 0.3) is 16.9 Å². The van der Waals surface area contributed by atoms with Crippen LogP contribution in [0, 0.1) is 13.8 Å². The van der Waals surface area contributed by atoms with E-state index in [2.05, 4.69) is 25.0 Å². The number of rotatable bonds is 5. The van der Waals surface area contributed by atoms with Crippen LogP contribution in [0.4, 0.5) is 6.01 Å². The van der Waals surface area contributed by atoms with E-state index < -0.39 is 0 Å².